The SMILES string of the molecule is CCc1cc(CCl)cc(N(C)Cc2ccc(F)cc2)n1. The van der Waals surface area contributed by atoms with Crippen LogP contribution in [0.5, 0.6) is 0 Å². The molecule has 1 heterocycles. The highest BCUT2D eigenvalue weighted by molar-refractivity contribution is 6.17. The van der Waals surface area contributed by atoms with Crippen LogP contribution in [-0.4, -0.2) is 12.0 Å². The van der Waals surface area contributed by atoms with Crippen LogP contribution in [0.15, 0.2) is 36.4 Å². The van der Waals surface area contributed by atoms with Crippen LogP contribution in [0, 0.1) is 5.82 Å². The van der Waals surface area contributed by atoms with Crippen molar-refractivity contribution >= 4 is 17.4 Å². The number of alkyl halides is 1. The predicted octanol–water partition coefficient (Wildman–Crippen LogP) is 4.16. The van der Waals surface area contributed by atoms with E-state index in [2.05, 4.69) is 11.9 Å². The maximum absolute atomic E-state index is 12.9. The van der Waals surface area contributed by atoms with Crippen molar-refractivity contribution < 1.29 is 4.39 Å². The third-order valence-electron chi connectivity index (χ3n) is 3.17. The number of rotatable bonds is 5. The molecule has 0 aliphatic rings. The predicted molar refractivity (Wildman–Crippen MR) is 81.7 cm³/mol. The van der Waals surface area contributed by atoms with Gasteiger partial charge in [-0.25, -0.2) is 9.37 Å². The van der Waals surface area contributed by atoms with E-state index in [4.69, 9.17) is 11.6 Å². The Morgan fingerprint density at radius 3 is 2.45 bits per heavy atom. The first-order chi connectivity index (χ1) is 9.62. The Bertz CT molecular complexity index is 547. The molecule has 2 rings (SSSR count). The number of aryl methyl sites for hydroxylation is 1. The van der Waals surface area contributed by atoms with Gasteiger partial charge in [-0.1, -0.05) is 19.1 Å². The van der Waals surface area contributed by atoms with E-state index in [0.29, 0.717) is 12.4 Å². The molecule has 2 nitrogen and oxygen atoms in total. The molecule has 0 aliphatic carbocycles. The summed E-state index contributed by atoms with van der Waals surface area (Å²) in [6.07, 6.45) is 0.877. The van der Waals surface area contributed by atoms with Gasteiger partial charge in [0.2, 0.25) is 0 Å². The molecular formula is C16H18ClFN2. The highest BCUT2D eigenvalue weighted by Gasteiger charge is 2.07. The second-order valence-electron chi connectivity index (χ2n) is 4.79. The molecule has 0 saturated heterocycles. The van der Waals surface area contributed by atoms with Crippen molar-refractivity contribution in [2.45, 2.75) is 25.8 Å². The molecule has 20 heavy (non-hydrogen) atoms. The molecule has 0 bridgehead atoms. The van der Waals surface area contributed by atoms with Crippen LogP contribution in [0.1, 0.15) is 23.7 Å². The molecule has 0 unspecified atom stereocenters. The van der Waals surface area contributed by atoms with E-state index in [1.165, 1.54) is 12.1 Å². The van der Waals surface area contributed by atoms with Crippen molar-refractivity contribution in [3.8, 4) is 0 Å². The summed E-state index contributed by atoms with van der Waals surface area (Å²) in [7, 11) is 1.98. The molecule has 0 N–H and O–H groups in total. The lowest BCUT2D eigenvalue weighted by atomic mass is 10.2. The Hall–Kier alpha value is -1.61. The van der Waals surface area contributed by atoms with E-state index in [1.54, 1.807) is 12.1 Å². The van der Waals surface area contributed by atoms with E-state index in [1.807, 2.05) is 24.1 Å². The van der Waals surface area contributed by atoms with Crippen molar-refractivity contribution in [2.24, 2.45) is 0 Å². The molecule has 0 atom stereocenters. The van der Waals surface area contributed by atoms with Gasteiger partial charge in [0.15, 0.2) is 0 Å². The van der Waals surface area contributed by atoms with Gasteiger partial charge in [0, 0.05) is 25.2 Å². The van der Waals surface area contributed by atoms with Crippen LogP contribution in [0.2, 0.25) is 0 Å². The lowest BCUT2D eigenvalue weighted by molar-refractivity contribution is 0.627. The van der Waals surface area contributed by atoms with Crippen LogP contribution in [0.3, 0.4) is 0 Å². The lowest BCUT2D eigenvalue weighted by Gasteiger charge is -2.20. The first kappa shape index (κ1) is 14.8. The second kappa shape index (κ2) is 6.71. The van der Waals surface area contributed by atoms with E-state index in [9.17, 15) is 4.39 Å². The van der Waals surface area contributed by atoms with E-state index >= 15 is 0 Å². The minimum Gasteiger partial charge on any atom is -0.355 e. The van der Waals surface area contributed by atoms with Gasteiger partial charge < -0.3 is 4.90 Å². The van der Waals surface area contributed by atoms with Gasteiger partial charge in [-0.3, -0.25) is 0 Å². The van der Waals surface area contributed by atoms with Crippen LogP contribution >= 0.6 is 11.6 Å². The molecular weight excluding hydrogens is 275 g/mol. The molecule has 0 radical (unpaired) electrons. The fraction of sp³-hybridized carbons (Fsp3) is 0.312. The Kier molecular flexibility index (Phi) is 4.96. The summed E-state index contributed by atoms with van der Waals surface area (Å²) in [5, 5.41) is 0. The number of pyridine rings is 1. The van der Waals surface area contributed by atoms with Gasteiger partial charge in [-0.15, -0.1) is 11.6 Å². The van der Waals surface area contributed by atoms with E-state index < -0.39 is 0 Å². The maximum atomic E-state index is 12.9. The second-order valence-corrected chi connectivity index (χ2v) is 5.06. The van der Waals surface area contributed by atoms with Crippen molar-refractivity contribution in [1.29, 1.82) is 0 Å². The molecule has 0 aliphatic heterocycles. The molecule has 2 aromatic rings. The zero-order valence-electron chi connectivity index (χ0n) is 11.7. The van der Waals surface area contributed by atoms with E-state index in [-0.39, 0.29) is 5.82 Å². The summed E-state index contributed by atoms with van der Waals surface area (Å²) < 4.78 is 12.9. The molecule has 1 aromatic heterocycles. The number of hydrogen-bond acceptors (Lipinski definition) is 2. The summed E-state index contributed by atoms with van der Waals surface area (Å²) in [5.74, 6) is 1.16. The molecule has 4 heteroatoms. The summed E-state index contributed by atoms with van der Waals surface area (Å²) in [6, 6.07) is 10.6. The minimum absolute atomic E-state index is 0.216. The molecule has 0 amide bonds. The summed E-state index contributed by atoms with van der Waals surface area (Å²) in [6.45, 7) is 2.76. The zero-order valence-corrected chi connectivity index (χ0v) is 12.5. The highest BCUT2D eigenvalue weighted by Crippen LogP contribution is 2.18. The van der Waals surface area contributed by atoms with Crippen LogP contribution in [0.4, 0.5) is 10.2 Å². The average Bonchev–Trinajstić information content (AvgIpc) is 2.48. The highest BCUT2D eigenvalue weighted by atomic mass is 35.5. The lowest BCUT2D eigenvalue weighted by Crippen LogP contribution is -2.18. The quantitative estimate of drug-likeness (QED) is 0.769. The third kappa shape index (κ3) is 3.70. The molecule has 106 valence electrons. The standard InChI is InChI=1S/C16H18ClFN2/c1-3-15-8-13(10-17)9-16(19-15)20(2)11-12-4-6-14(18)7-5-12/h4-9H,3,10-11H2,1-2H3. The van der Waals surface area contributed by atoms with Crippen LogP contribution in [-0.2, 0) is 18.8 Å². The molecule has 0 saturated carbocycles. The van der Waals surface area contributed by atoms with Gasteiger partial charge in [0.25, 0.3) is 0 Å². The minimum atomic E-state index is -0.216. The first-order valence-electron chi connectivity index (χ1n) is 6.63. The Labute approximate surface area is 124 Å². The van der Waals surface area contributed by atoms with Gasteiger partial charge in [-0.05, 0) is 41.8 Å². The van der Waals surface area contributed by atoms with Crippen molar-refractivity contribution in [2.75, 3.05) is 11.9 Å². The number of aromatic nitrogens is 1. The number of benzene rings is 1. The monoisotopic (exact) mass is 292 g/mol. The number of anilines is 1. The van der Waals surface area contributed by atoms with Gasteiger partial charge in [0.05, 0.1) is 0 Å². The number of nitrogens with zero attached hydrogens (tertiary/aromatic N) is 2. The Morgan fingerprint density at radius 1 is 1.15 bits per heavy atom. The average molecular weight is 293 g/mol. The van der Waals surface area contributed by atoms with Gasteiger partial charge >= 0.3 is 0 Å². The summed E-state index contributed by atoms with van der Waals surface area (Å²) >= 11 is 5.92. The fourth-order valence-corrected chi connectivity index (χ4v) is 2.19. The third-order valence-corrected chi connectivity index (χ3v) is 3.47. The first-order valence-corrected chi connectivity index (χ1v) is 7.17. The summed E-state index contributed by atoms with van der Waals surface area (Å²) in [5.41, 5.74) is 3.15. The summed E-state index contributed by atoms with van der Waals surface area (Å²) in [4.78, 5) is 6.65. The van der Waals surface area contributed by atoms with E-state index in [0.717, 1.165) is 29.1 Å². The fourth-order valence-electron chi connectivity index (χ4n) is 2.03. The van der Waals surface area contributed by atoms with Gasteiger partial charge in [-0.2, -0.15) is 0 Å². The smallest absolute Gasteiger partial charge is 0.129 e. The van der Waals surface area contributed by atoms with Crippen LogP contribution in [0.25, 0.3) is 0 Å². The Morgan fingerprint density at radius 2 is 1.85 bits per heavy atom. The molecule has 0 fully saturated rings. The zero-order chi connectivity index (χ0) is 14.5. The molecule has 1 aromatic carbocycles. The normalized spacial score (nSPS) is 10.6. The topological polar surface area (TPSA) is 16.1 Å². The number of hydrogen-bond donors (Lipinski definition) is 0. The Balaban J connectivity index is 2.19. The maximum Gasteiger partial charge on any atom is 0.129 e. The van der Waals surface area contributed by atoms with Crippen LogP contribution < -0.4 is 4.90 Å². The number of halogens is 2. The van der Waals surface area contributed by atoms with Crippen molar-refractivity contribution in [3.05, 3.63) is 59.0 Å². The largest absolute Gasteiger partial charge is 0.355 e. The molecule has 0 spiro atoms. The van der Waals surface area contributed by atoms with Gasteiger partial charge in [0.1, 0.15) is 11.6 Å². The van der Waals surface area contributed by atoms with Crippen molar-refractivity contribution in [3.63, 3.8) is 0 Å². The van der Waals surface area contributed by atoms with Crippen molar-refractivity contribution in [1.82, 2.24) is 4.98 Å².